The maximum atomic E-state index is 10.2. The van der Waals surface area contributed by atoms with Crippen LogP contribution in [0.2, 0.25) is 0 Å². The molecule has 1 heterocycles. The van der Waals surface area contributed by atoms with Crippen molar-refractivity contribution in [3.05, 3.63) is 27.9 Å². The Balaban J connectivity index is 3.28. The van der Waals surface area contributed by atoms with Crippen molar-refractivity contribution < 1.29 is 0 Å². The van der Waals surface area contributed by atoms with Gasteiger partial charge in [0.15, 0.2) is 6.20 Å². The molecule has 0 aromatic carbocycles. The second-order valence-electron chi connectivity index (χ2n) is 0.975. The van der Waals surface area contributed by atoms with Crippen LogP contribution in [0.25, 0.3) is 0 Å². The number of rotatable bonds is 0. The van der Waals surface area contributed by atoms with E-state index in [4.69, 9.17) is 0 Å². The van der Waals surface area contributed by atoms with Gasteiger partial charge < -0.3 is 0 Å². The van der Waals surface area contributed by atoms with Gasteiger partial charge in [0.05, 0.1) is 0 Å². The summed E-state index contributed by atoms with van der Waals surface area (Å²) < 4.78 is 3.49. The maximum absolute atomic E-state index is 10.2. The van der Waals surface area contributed by atoms with E-state index in [-0.39, 0.29) is 5.43 Å². The van der Waals surface area contributed by atoms with Gasteiger partial charge in [0.25, 0.3) is 0 Å². The minimum atomic E-state index is -0.154. The molecule has 0 aliphatic heterocycles. The molecule has 0 aliphatic carbocycles. The Morgan fingerprint density at radius 2 is 2.71 bits per heavy atom. The van der Waals surface area contributed by atoms with E-state index >= 15 is 0 Å². The van der Waals surface area contributed by atoms with Crippen LogP contribution in [0.1, 0.15) is 0 Å². The Kier molecular flexibility index (Phi) is 1.17. The fourth-order valence-corrected chi connectivity index (χ4v) is 0.619. The van der Waals surface area contributed by atoms with E-state index < -0.39 is 0 Å². The van der Waals surface area contributed by atoms with Gasteiger partial charge in [0.2, 0.25) is 5.43 Å². The molecular formula is C4H2NOS. The molecule has 1 aromatic rings. The molecule has 0 saturated heterocycles. The summed E-state index contributed by atoms with van der Waals surface area (Å²) in [6, 6.07) is 1.43. The van der Waals surface area contributed by atoms with Gasteiger partial charge in [-0.2, -0.15) is 4.37 Å². The molecule has 0 amide bonds. The molecule has 0 saturated carbocycles. The third-order valence-electron chi connectivity index (χ3n) is 0.489. The SMILES string of the molecule is O=c1[c]nscc1. The lowest BCUT2D eigenvalue weighted by Gasteiger charge is -1.67. The molecule has 3 heteroatoms. The van der Waals surface area contributed by atoms with Gasteiger partial charge in [0, 0.05) is 5.38 Å². The van der Waals surface area contributed by atoms with Gasteiger partial charge in [-0.15, -0.1) is 0 Å². The lowest BCUT2D eigenvalue weighted by Crippen LogP contribution is -1.93. The minimum Gasteiger partial charge on any atom is -0.287 e. The van der Waals surface area contributed by atoms with E-state index in [0.29, 0.717) is 0 Å². The van der Waals surface area contributed by atoms with Crippen molar-refractivity contribution in [3.63, 3.8) is 0 Å². The summed E-state index contributed by atoms with van der Waals surface area (Å²) >= 11 is 1.21. The first-order valence-corrected chi connectivity index (χ1v) is 2.55. The Labute approximate surface area is 44.6 Å². The van der Waals surface area contributed by atoms with Crippen LogP contribution in [0.3, 0.4) is 0 Å². The molecule has 0 fully saturated rings. The van der Waals surface area contributed by atoms with Crippen molar-refractivity contribution >= 4 is 11.5 Å². The van der Waals surface area contributed by atoms with E-state index in [0.717, 1.165) is 0 Å². The smallest absolute Gasteiger partial charge is 0.208 e. The molecule has 2 nitrogen and oxygen atoms in total. The summed E-state index contributed by atoms with van der Waals surface area (Å²) in [6.07, 6.45) is 2.24. The predicted octanol–water partition coefficient (Wildman–Crippen LogP) is 0.303. The predicted molar refractivity (Wildman–Crippen MR) is 27.2 cm³/mol. The number of nitrogens with zero attached hydrogens (tertiary/aromatic N) is 1. The van der Waals surface area contributed by atoms with Crippen LogP contribution < -0.4 is 5.43 Å². The first-order valence-electron chi connectivity index (χ1n) is 1.72. The summed E-state index contributed by atoms with van der Waals surface area (Å²) in [5.41, 5.74) is -0.154. The molecule has 35 valence electrons. The van der Waals surface area contributed by atoms with Crippen LogP contribution in [0, 0.1) is 6.20 Å². The quantitative estimate of drug-likeness (QED) is 0.483. The fraction of sp³-hybridized carbons (Fsp3) is 0. The fourth-order valence-electron chi connectivity index (χ4n) is 0.231. The Hall–Kier alpha value is -0.700. The van der Waals surface area contributed by atoms with E-state index in [2.05, 4.69) is 10.6 Å². The lowest BCUT2D eigenvalue weighted by molar-refractivity contribution is 1.43. The van der Waals surface area contributed by atoms with Crippen LogP contribution in [0.5, 0.6) is 0 Å². The van der Waals surface area contributed by atoms with Crippen molar-refractivity contribution in [1.82, 2.24) is 4.37 Å². The maximum Gasteiger partial charge on any atom is 0.208 e. The van der Waals surface area contributed by atoms with Gasteiger partial charge >= 0.3 is 0 Å². The Bertz CT molecular complexity index is 177. The molecule has 0 spiro atoms. The van der Waals surface area contributed by atoms with Crippen LogP contribution >= 0.6 is 11.5 Å². The highest BCUT2D eigenvalue weighted by Crippen LogP contribution is 1.77. The summed E-state index contributed by atoms with van der Waals surface area (Å²) in [5, 5.41) is 1.62. The van der Waals surface area contributed by atoms with Gasteiger partial charge in [-0.1, -0.05) is 0 Å². The molecule has 0 N–H and O–H groups in total. The highest BCUT2D eigenvalue weighted by Gasteiger charge is 1.74. The van der Waals surface area contributed by atoms with Crippen LogP contribution in [-0.2, 0) is 0 Å². The molecule has 1 aromatic heterocycles. The van der Waals surface area contributed by atoms with Crippen molar-refractivity contribution in [2.24, 2.45) is 0 Å². The lowest BCUT2D eigenvalue weighted by atomic mass is 10.6. The molecule has 7 heavy (non-hydrogen) atoms. The Morgan fingerprint density at radius 1 is 1.86 bits per heavy atom. The first-order chi connectivity index (χ1) is 3.39. The molecule has 0 aliphatic rings. The highest BCUT2D eigenvalue weighted by molar-refractivity contribution is 7.03. The second-order valence-corrected chi connectivity index (χ2v) is 1.64. The first kappa shape index (κ1) is 4.46. The molecule has 0 unspecified atom stereocenters. The van der Waals surface area contributed by atoms with Crippen molar-refractivity contribution in [2.45, 2.75) is 0 Å². The van der Waals surface area contributed by atoms with Gasteiger partial charge in [0.1, 0.15) is 0 Å². The summed E-state index contributed by atoms with van der Waals surface area (Å²) in [7, 11) is 0. The number of hydrogen-bond donors (Lipinski definition) is 0. The average molecular weight is 112 g/mol. The van der Waals surface area contributed by atoms with Crippen molar-refractivity contribution in [1.29, 1.82) is 0 Å². The van der Waals surface area contributed by atoms with Crippen LogP contribution in [0.4, 0.5) is 0 Å². The zero-order chi connectivity index (χ0) is 5.11. The average Bonchev–Trinajstić information content (AvgIpc) is 1.69. The third kappa shape index (κ3) is 1.08. The minimum absolute atomic E-state index is 0.154. The molecule has 0 atom stereocenters. The van der Waals surface area contributed by atoms with Gasteiger partial charge in [-0.3, -0.25) is 4.79 Å². The Morgan fingerprint density at radius 3 is 3.00 bits per heavy atom. The van der Waals surface area contributed by atoms with Crippen molar-refractivity contribution in [2.75, 3.05) is 0 Å². The molecule has 1 radical (unpaired) electrons. The zero-order valence-electron chi connectivity index (χ0n) is 3.42. The number of hydrogen-bond acceptors (Lipinski definition) is 3. The van der Waals surface area contributed by atoms with Gasteiger partial charge in [-0.25, -0.2) is 0 Å². The summed E-state index contributed by atoms with van der Waals surface area (Å²) in [4.78, 5) is 10.2. The second kappa shape index (κ2) is 1.84. The van der Waals surface area contributed by atoms with Crippen LogP contribution in [-0.4, -0.2) is 4.37 Å². The summed E-state index contributed by atoms with van der Waals surface area (Å²) in [5.74, 6) is 0. The van der Waals surface area contributed by atoms with Crippen molar-refractivity contribution in [3.8, 4) is 0 Å². The standard InChI is InChI=1S/C4H2NOS/c6-4-1-2-7-5-3-4/h1-2H. The normalized spacial score (nSPS) is 8.57. The van der Waals surface area contributed by atoms with Crippen LogP contribution in [0.15, 0.2) is 16.2 Å². The third-order valence-corrected chi connectivity index (χ3v) is 0.943. The molecule has 0 bridgehead atoms. The molecule has 1 rings (SSSR count). The van der Waals surface area contributed by atoms with E-state index in [1.807, 2.05) is 0 Å². The number of aromatic nitrogens is 1. The highest BCUT2D eigenvalue weighted by atomic mass is 32.1. The zero-order valence-corrected chi connectivity index (χ0v) is 4.23. The monoisotopic (exact) mass is 112 g/mol. The summed E-state index contributed by atoms with van der Waals surface area (Å²) in [6.45, 7) is 0. The topological polar surface area (TPSA) is 30.0 Å². The van der Waals surface area contributed by atoms with E-state index in [1.165, 1.54) is 17.6 Å². The van der Waals surface area contributed by atoms with E-state index in [1.54, 1.807) is 5.38 Å². The molecular weight excluding hydrogens is 110 g/mol. The van der Waals surface area contributed by atoms with E-state index in [9.17, 15) is 4.79 Å². The van der Waals surface area contributed by atoms with Gasteiger partial charge in [-0.05, 0) is 17.6 Å². The largest absolute Gasteiger partial charge is 0.287 e.